The van der Waals surface area contributed by atoms with Gasteiger partial charge in [-0.3, -0.25) is 4.79 Å². The first-order chi connectivity index (χ1) is 8.74. The average molecular weight is 351 g/mol. The number of amides is 1. The van der Waals surface area contributed by atoms with E-state index < -0.39 is 0 Å². The zero-order chi connectivity index (χ0) is 12.5. The first-order valence-electron chi connectivity index (χ1n) is 5.56. The van der Waals surface area contributed by atoms with Crippen LogP contribution >= 0.6 is 22.6 Å². The van der Waals surface area contributed by atoms with Crippen molar-refractivity contribution in [1.29, 1.82) is 0 Å². The highest BCUT2D eigenvalue weighted by molar-refractivity contribution is 14.1. The minimum absolute atomic E-state index is 0.0477. The third-order valence-electron chi connectivity index (χ3n) is 2.94. The van der Waals surface area contributed by atoms with Crippen molar-refractivity contribution in [2.75, 3.05) is 0 Å². The monoisotopic (exact) mass is 351 g/mol. The number of carbonyl (C=O) groups is 1. The Bertz CT molecular complexity index is 590. The van der Waals surface area contributed by atoms with Crippen LogP contribution < -0.4 is 0 Å². The Morgan fingerprint density at radius 2 is 2.22 bits per heavy atom. The molecule has 2 aromatic rings. The lowest BCUT2D eigenvalue weighted by Crippen LogP contribution is -2.25. The Hall–Kier alpha value is -1.50. The van der Waals surface area contributed by atoms with Crippen molar-refractivity contribution < 1.29 is 4.79 Å². The number of rotatable bonds is 1. The highest BCUT2D eigenvalue weighted by Gasteiger charge is 2.25. The first-order valence-corrected chi connectivity index (χ1v) is 6.64. The first kappa shape index (κ1) is 11.6. The number of halogens is 1. The van der Waals surface area contributed by atoms with E-state index in [1.54, 1.807) is 11.1 Å². The number of nitrogens with zero attached hydrogens (tertiary/aromatic N) is 3. The van der Waals surface area contributed by atoms with Gasteiger partial charge < -0.3 is 4.90 Å². The molecule has 18 heavy (non-hydrogen) atoms. The number of hydrogen-bond acceptors (Lipinski definition) is 3. The predicted octanol–water partition coefficient (Wildman–Crippen LogP) is 2.24. The molecule has 3 rings (SSSR count). The molecule has 0 N–H and O–H groups in total. The maximum absolute atomic E-state index is 12.3. The van der Waals surface area contributed by atoms with E-state index in [0.717, 1.165) is 20.4 Å². The molecule has 0 fully saturated rings. The Kier molecular flexibility index (Phi) is 2.99. The summed E-state index contributed by atoms with van der Waals surface area (Å²) in [6.07, 6.45) is 3.31. The third kappa shape index (κ3) is 2.10. The molecule has 1 aliphatic rings. The predicted molar refractivity (Wildman–Crippen MR) is 74.8 cm³/mol. The van der Waals surface area contributed by atoms with Crippen LogP contribution in [0.2, 0.25) is 0 Å². The number of benzene rings is 1. The topological polar surface area (TPSA) is 46.1 Å². The summed E-state index contributed by atoms with van der Waals surface area (Å²) in [5.41, 5.74) is 2.71. The van der Waals surface area contributed by atoms with E-state index >= 15 is 0 Å². The SMILES string of the molecule is O=C(c1cccc(I)c1)N1Cc2cncnc2C1. The smallest absolute Gasteiger partial charge is 0.254 e. The second kappa shape index (κ2) is 4.64. The van der Waals surface area contributed by atoms with Gasteiger partial charge in [0.2, 0.25) is 0 Å². The molecule has 2 heterocycles. The molecular weight excluding hydrogens is 341 g/mol. The van der Waals surface area contributed by atoms with Gasteiger partial charge in [-0.1, -0.05) is 6.07 Å². The molecule has 0 aliphatic carbocycles. The Labute approximate surface area is 118 Å². The van der Waals surface area contributed by atoms with Crippen LogP contribution in [-0.4, -0.2) is 20.8 Å². The summed E-state index contributed by atoms with van der Waals surface area (Å²) in [5.74, 6) is 0.0477. The van der Waals surface area contributed by atoms with Gasteiger partial charge in [0.05, 0.1) is 12.2 Å². The number of hydrogen-bond donors (Lipinski definition) is 0. The molecular formula is C13H10IN3O. The zero-order valence-electron chi connectivity index (χ0n) is 9.51. The highest BCUT2D eigenvalue weighted by atomic mass is 127. The second-order valence-corrected chi connectivity index (χ2v) is 5.41. The summed E-state index contributed by atoms with van der Waals surface area (Å²) >= 11 is 2.21. The van der Waals surface area contributed by atoms with Crippen LogP contribution in [0.15, 0.2) is 36.8 Å². The van der Waals surface area contributed by atoms with Crippen molar-refractivity contribution >= 4 is 28.5 Å². The molecule has 1 aliphatic heterocycles. The van der Waals surface area contributed by atoms with Crippen molar-refractivity contribution in [3.8, 4) is 0 Å². The fourth-order valence-electron chi connectivity index (χ4n) is 2.05. The second-order valence-electron chi connectivity index (χ2n) is 4.17. The average Bonchev–Trinajstić information content (AvgIpc) is 2.81. The van der Waals surface area contributed by atoms with E-state index in [2.05, 4.69) is 32.6 Å². The summed E-state index contributed by atoms with van der Waals surface area (Å²) in [5, 5.41) is 0. The standard InChI is InChI=1S/C13H10IN3O/c14-11-3-1-2-9(4-11)13(18)17-6-10-5-15-8-16-12(10)7-17/h1-5,8H,6-7H2. The van der Waals surface area contributed by atoms with Gasteiger partial charge in [0, 0.05) is 27.4 Å². The Morgan fingerprint density at radius 1 is 1.33 bits per heavy atom. The van der Waals surface area contributed by atoms with Crippen LogP contribution in [0.5, 0.6) is 0 Å². The van der Waals surface area contributed by atoms with Crippen LogP contribution in [0.25, 0.3) is 0 Å². The van der Waals surface area contributed by atoms with Crippen LogP contribution in [0.4, 0.5) is 0 Å². The molecule has 0 saturated carbocycles. The molecule has 0 radical (unpaired) electrons. The van der Waals surface area contributed by atoms with E-state index in [1.165, 1.54) is 6.33 Å². The summed E-state index contributed by atoms with van der Waals surface area (Å²) in [6, 6.07) is 7.62. The van der Waals surface area contributed by atoms with Gasteiger partial charge in [-0.05, 0) is 40.8 Å². The maximum atomic E-state index is 12.3. The van der Waals surface area contributed by atoms with Gasteiger partial charge in [-0.2, -0.15) is 0 Å². The van der Waals surface area contributed by atoms with Crippen molar-refractivity contribution in [2.24, 2.45) is 0 Å². The Balaban J connectivity index is 1.84. The molecule has 90 valence electrons. The summed E-state index contributed by atoms with van der Waals surface area (Å²) in [7, 11) is 0. The van der Waals surface area contributed by atoms with Crippen molar-refractivity contribution in [3.05, 3.63) is 57.2 Å². The molecule has 0 atom stereocenters. The van der Waals surface area contributed by atoms with Gasteiger partial charge in [0.25, 0.3) is 5.91 Å². The van der Waals surface area contributed by atoms with Gasteiger partial charge in [-0.15, -0.1) is 0 Å². The van der Waals surface area contributed by atoms with Gasteiger partial charge in [0.15, 0.2) is 0 Å². The van der Waals surface area contributed by atoms with Crippen LogP contribution in [0.3, 0.4) is 0 Å². The Morgan fingerprint density at radius 3 is 3.00 bits per heavy atom. The van der Waals surface area contributed by atoms with E-state index in [-0.39, 0.29) is 5.91 Å². The minimum Gasteiger partial charge on any atom is -0.328 e. The van der Waals surface area contributed by atoms with Gasteiger partial charge >= 0.3 is 0 Å². The lowest BCUT2D eigenvalue weighted by atomic mass is 10.2. The van der Waals surface area contributed by atoms with Crippen molar-refractivity contribution in [3.63, 3.8) is 0 Å². The summed E-state index contributed by atoms with van der Waals surface area (Å²) in [6.45, 7) is 1.17. The summed E-state index contributed by atoms with van der Waals surface area (Å²) in [4.78, 5) is 22.3. The molecule has 0 spiro atoms. The quantitative estimate of drug-likeness (QED) is 0.741. The molecule has 0 unspecified atom stereocenters. The molecule has 5 heteroatoms. The largest absolute Gasteiger partial charge is 0.328 e. The molecule has 0 saturated heterocycles. The maximum Gasteiger partial charge on any atom is 0.254 e. The summed E-state index contributed by atoms with van der Waals surface area (Å²) < 4.78 is 1.06. The molecule has 1 amide bonds. The minimum atomic E-state index is 0.0477. The van der Waals surface area contributed by atoms with E-state index in [1.807, 2.05) is 24.3 Å². The lowest BCUT2D eigenvalue weighted by Gasteiger charge is -2.15. The van der Waals surface area contributed by atoms with Crippen LogP contribution in [-0.2, 0) is 13.1 Å². The number of fused-ring (bicyclic) bond motifs is 1. The zero-order valence-corrected chi connectivity index (χ0v) is 11.7. The molecule has 0 bridgehead atoms. The van der Waals surface area contributed by atoms with E-state index in [0.29, 0.717) is 13.1 Å². The normalized spacial score (nSPS) is 13.5. The third-order valence-corrected chi connectivity index (χ3v) is 3.61. The number of aromatic nitrogens is 2. The molecule has 1 aromatic carbocycles. The van der Waals surface area contributed by atoms with Gasteiger partial charge in [0.1, 0.15) is 6.33 Å². The fraction of sp³-hybridized carbons (Fsp3) is 0.154. The number of carbonyl (C=O) groups excluding carboxylic acids is 1. The van der Waals surface area contributed by atoms with Crippen LogP contribution in [0, 0.1) is 3.57 Å². The van der Waals surface area contributed by atoms with E-state index in [9.17, 15) is 4.79 Å². The fourth-order valence-corrected chi connectivity index (χ4v) is 2.59. The highest BCUT2D eigenvalue weighted by Crippen LogP contribution is 2.22. The van der Waals surface area contributed by atoms with E-state index in [4.69, 9.17) is 0 Å². The van der Waals surface area contributed by atoms with Crippen LogP contribution in [0.1, 0.15) is 21.6 Å². The molecule has 1 aromatic heterocycles. The van der Waals surface area contributed by atoms with Crippen molar-refractivity contribution in [2.45, 2.75) is 13.1 Å². The van der Waals surface area contributed by atoms with Crippen molar-refractivity contribution in [1.82, 2.24) is 14.9 Å². The molecule has 4 nitrogen and oxygen atoms in total. The van der Waals surface area contributed by atoms with Gasteiger partial charge in [-0.25, -0.2) is 9.97 Å². The lowest BCUT2D eigenvalue weighted by molar-refractivity contribution is 0.0750.